The number of hydrogen-bond acceptors (Lipinski definition) is 6. The van der Waals surface area contributed by atoms with Crippen molar-refractivity contribution in [3.05, 3.63) is 45.6 Å². The van der Waals surface area contributed by atoms with E-state index in [0.717, 1.165) is 0 Å². The second kappa shape index (κ2) is 6.25. The minimum absolute atomic E-state index is 0.0310. The Bertz CT molecular complexity index is 723. The van der Waals surface area contributed by atoms with Crippen molar-refractivity contribution >= 4 is 11.7 Å². The highest BCUT2D eigenvalue weighted by Crippen LogP contribution is 2.29. The van der Waals surface area contributed by atoms with E-state index in [-0.39, 0.29) is 23.7 Å². The van der Waals surface area contributed by atoms with Crippen LogP contribution in [0.1, 0.15) is 22.8 Å². The first-order valence-electron chi connectivity index (χ1n) is 6.56. The minimum Gasteiger partial charge on any atom is -0.462 e. The van der Waals surface area contributed by atoms with E-state index >= 15 is 0 Å². The molecule has 0 unspecified atom stereocenters. The number of nitrogens with zero attached hydrogens (tertiary/aromatic N) is 3. The molecular weight excluding hydrogens is 290 g/mol. The highest BCUT2D eigenvalue weighted by atomic mass is 16.6. The van der Waals surface area contributed by atoms with Gasteiger partial charge in [0.2, 0.25) is 0 Å². The summed E-state index contributed by atoms with van der Waals surface area (Å²) >= 11 is 0. The molecule has 8 nitrogen and oxygen atoms in total. The van der Waals surface area contributed by atoms with Crippen molar-refractivity contribution in [2.24, 2.45) is 7.05 Å². The Morgan fingerprint density at radius 3 is 2.77 bits per heavy atom. The van der Waals surface area contributed by atoms with E-state index in [2.05, 4.69) is 5.10 Å². The second-order valence-electron chi connectivity index (χ2n) is 4.55. The zero-order valence-corrected chi connectivity index (χ0v) is 12.4. The van der Waals surface area contributed by atoms with Crippen molar-refractivity contribution in [3.63, 3.8) is 0 Å². The van der Waals surface area contributed by atoms with Crippen molar-refractivity contribution < 1.29 is 19.2 Å². The highest BCUT2D eigenvalue weighted by molar-refractivity contribution is 5.91. The quantitative estimate of drug-likeness (QED) is 0.478. The Kier molecular flexibility index (Phi) is 4.40. The molecule has 0 spiro atoms. The smallest absolute Gasteiger partial charge is 0.345 e. The first-order valence-corrected chi connectivity index (χ1v) is 6.56. The van der Waals surface area contributed by atoms with E-state index in [9.17, 15) is 14.9 Å². The molecule has 1 aromatic heterocycles. The molecule has 0 amide bonds. The third kappa shape index (κ3) is 3.22. The average Bonchev–Trinajstić information content (AvgIpc) is 2.82. The lowest BCUT2D eigenvalue weighted by Crippen LogP contribution is -2.05. The summed E-state index contributed by atoms with van der Waals surface area (Å²) in [6, 6.07) is 4.19. The highest BCUT2D eigenvalue weighted by Gasteiger charge is 2.20. The molecule has 2 rings (SSSR count). The largest absolute Gasteiger partial charge is 0.462 e. The molecule has 2 aromatic rings. The third-order valence-electron chi connectivity index (χ3n) is 2.87. The summed E-state index contributed by atoms with van der Waals surface area (Å²) < 4.78 is 12.0. The number of hydrogen-bond donors (Lipinski definition) is 0. The molecule has 8 heteroatoms. The van der Waals surface area contributed by atoms with Gasteiger partial charge in [-0.2, -0.15) is 0 Å². The Morgan fingerprint density at radius 2 is 2.18 bits per heavy atom. The summed E-state index contributed by atoms with van der Waals surface area (Å²) in [4.78, 5) is 22.1. The number of esters is 1. The number of aryl methyl sites for hydroxylation is 2. The van der Waals surface area contributed by atoms with E-state index in [1.165, 1.54) is 29.1 Å². The molecule has 1 heterocycles. The molecule has 0 saturated heterocycles. The first-order chi connectivity index (χ1) is 10.4. The molecule has 22 heavy (non-hydrogen) atoms. The fourth-order valence-electron chi connectivity index (χ4n) is 1.86. The molecule has 1 aromatic carbocycles. The lowest BCUT2D eigenvalue weighted by atomic mass is 10.2. The molecular formula is C14H15N3O5. The predicted molar refractivity (Wildman–Crippen MR) is 77.1 cm³/mol. The second-order valence-corrected chi connectivity index (χ2v) is 4.55. The van der Waals surface area contributed by atoms with E-state index in [0.29, 0.717) is 11.3 Å². The Balaban J connectivity index is 2.31. The third-order valence-corrected chi connectivity index (χ3v) is 2.87. The van der Waals surface area contributed by atoms with E-state index in [4.69, 9.17) is 9.47 Å². The predicted octanol–water partition coefficient (Wildman–Crippen LogP) is 2.61. The van der Waals surface area contributed by atoms with Gasteiger partial charge >= 0.3 is 5.97 Å². The number of ether oxygens (including phenoxy) is 2. The van der Waals surface area contributed by atoms with Gasteiger partial charge in [-0.25, -0.2) is 4.79 Å². The van der Waals surface area contributed by atoms with Gasteiger partial charge in [0, 0.05) is 25.4 Å². The van der Waals surface area contributed by atoms with Gasteiger partial charge in [-0.05, 0) is 25.5 Å². The lowest BCUT2D eigenvalue weighted by Gasteiger charge is -2.07. The van der Waals surface area contributed by atoms with Gasteiger partial charge in [0.25, 0.3) is 11.6 Å². The zero-order chi connectivity index (χ0) is 16.3. The van der Waals surface area contributed by atoms with Gasteiger partial charge in [-0.15, -0.1) is 5.10 Å². The van der Waals surface area contributed by atoms with Gasteiger partial charge in [-0.3, -0.25) is 14.8 Å². The first kappa shape index (κ1) is 15.5. The molecule has 116 valence electrons. The number of nitro groups is 1. The summed E-state index contributed by atoms with van der Waals surface area (Å²) in [5, 5.41) is 14.8. The maximum Gasteiger partial charge on any atom is 0.345 e. The summed E-state index contributed by atoms with van der Waals surface area (Å²) in [5.74, 6) is -0.0575. The van der Waals surface area contributed by atoms with Crippen LogP contribution in [0.5, 0.6) is 11.6 Å². The van der Waals surface area contributed by atoms with Crippen LogP contribution in [0.25, 0.3) is 0 Å². The number of aromatic nitrogens is 2. The number of non-ortho nitro benzene ring substituents is 1. The van der Waals surface area contributed by atoms with Crippen molar-refractivity contribution in [3.8, 4) is 11.6 Å². The van der Waals surface area contributed by atoms with E-state index in [1.54, 1.807) is 20.9 Å². The summed E-state index contributed by atoms with van der Waals surface area (Å²) in [7, 11) is 1.65. The van der Waals surface area contributed by atoms with Crippen LogP contribution in [0.2, 0.25) is 0 Å². The number of nitro benzene ring substituents is 1. The molecule has 0 aliphatic heterocycles. The van der Waals surface area contributed by atoms with Gasteiger partial charge in [-0.1, -0.05) is 0 Å². The van der Waals surface area contributed by atoms with Crippen molar-refractivity contribution in [2.45, 2.75) is 13.8 Å². The van der Waals surface area contributed by atoms with Gasteiger partial charge in [0.05, 0.1) is 11.5 Å². The molecule has 0 bridgehead atoms. The number of carbonyl (C=O) groups excluding carboxylic acids is 1. The normalized spacial score (nSPS) is 10.3. The zero-order valence-electron chi connectivity index (χ0n) is 12.4. The van der Waals surface area contributed by atoms with Crippen LogP contribution in [-0.4, -0.2) is 27.3 Å². The lowest BCUT2D eigenvalue weighted by molar-refractivity contribution is -0.384. The monoisotopic (exact) mass is 305 g/mol. The van der Waals surface area contributed by atoms with Gasteiger partial charge in [0.1, 0.15) is 11.3 Å². The summed E-state index contributed by atoms with van der Waals surface area (Å²) in [5.41, 5.74) is 0.730. The Labute approximate surface area is 126 Å². The van der Waals surface area contributed by atoms with E-state index in [1.807, 2.05) is 0 Å². The molecule has 0 aliphatic carbocycles. The van der Waals surface area contributed by atoms with Crippen LogP contribution < -0.4 is 4.74 Å². The van der Waals surface area contributed by atoms with Crippen LogP contribution in [0.15, 0.2) is 24.4 Å². The topological polar surface area (TPSA) is 96.5 Å². The number of benzene rings is 1. The fraction of sp³-hybridized carbons (Fsp3) is 0.286. The molecule has 0 radical (unpaired) electrons. The maximum atomic E-state index is 11.9. The van der Waals surface area contributed by atoms with Gasteiger partial charge < -0.3 is 9.47 Å². The number of carbonyl (C=O) groups is 1. The molecule has 0 fully saturated rings. The minimum atomic E-state index is -0.537. The van der Waals surface area contributed by atoms with E-state index < -0.39 is 10.9 Å². The summed E-state index contributed by atoms with van der Waals surface area (Å²) in [6.07, 6.45) is 1.49. The van der Waals surface area contributed by atoms with Crippen LogP contribution >= 0.6 is 0 Å². The molecule has 0 aliphatic rings. The van der Waals surface area contributed by atoms with Crippen molar-refractivity contribution in [1.29, 1.82) is 0 Å². The van der Waals surface area contributed by atoms with Gasteiger partial charge in [0.15, 0.2) is 0 Å². The Hall–Kier alpha value is -2.90. The van der Waals surface area contributed by atoms with Crippen molar-refractivity contribution in [1.82, 2.24) is 9.78 Å². The fourth-order valence-corrected chi connectivity index (χ4v) is 1.86. The molecule has 0 saturated carbocycles. The van der Waals surface area contributed by atoms with Crippen LogP contribution in [0.3, 0.4) is 0 Å². The Morgan fingerprint density at radius 1 is 1.45 bits per heavy atom. The average molecular weight is 305 g/mol. The van der Waals surface area contributed by atoms with Crippen LogP contribution in [-0.2, 0) is 11.8 Å². The molecule has 0 N–H and O–H groups in total. The van der Waals surface area contributed by atoms with Crippen molar-refractivity contribution in [2.75, 3.05) is 6.61 Å². The SMILES string of the molecule is CCOC(=O)c1cn(C)nc1Oc1ccc([N+](=O)[O-])cc1C. The standard InChI is InChI=1S/C14H15N3O5/c1-4-21-14(18)11-8-16(3)15-13(11)22-12-6-5-10(17(19)20)7-9(12)2/h5-8H,4H2,1-3H3. The number of rotatable bonds is 5. The molecule has 0 atom stereocenters. The maximum absolute atomic E-state index is 11.9. The summed E-state index contributed by atoms with van der Waals surface area (Å²) in [6.45, 7) is 3.62. The van der Waals surface area contributed by atoms with Crippen LogP contribution in [0.4, 0.5) is 5.69 Å². The van der Waals surface area contributed by atoms with Crippen LogP contribution in [0, 0.1) is 17.0 Å².